The van der Waals surface area contributed by atoms with Crippen molar-refractivity contribution in [3.8, 4) is 0 Å². The number of hydrazine groups is 1. The summed E-state index contributed by atoms with van der Waals surface area (Å²) in [5, 5.41) is 0. The van der Waals surface area contributed by atoms with Crippen molar-refractivity contribution in [2.45, 2.75) is 19.4 Å². The molecule has 1 atom stereocenters. The summed E-state index contributed by atoms with van der Waals surface area (Å²) in [5.41, 5.74) is 5.40. The minimum Gasteiger partial charge on any atom is -0.271 e. The maximum Gasteiger partial charge on any atom is 0.129 e. The van der Waals surface area contributed by atoms with Gasteiger partial charge >= 0.3 is 0 Å². The van der Waals surface area contributed by atoms with E-state index in [1.54, 1.807) is 6.07 Å². The van der Waals surface area contributed by atoms with Crippen LogP contribution in [0.25, 0.3) is 0 Å². The second kappa shape index (κ2) is 6.28. The standard InChI is InChI=1S/C15H16BrFN2/c1-2-10-4-3-5-11(8-10)15(19-18)13-7-6-12(16)9-14(13)17/h3-9,15,19H,2,18H2,1H3. The van der Waals surface area contributed by atoms with Gasteiger partial charge in [0.15, 0.2) is 0 Å². The van der Waals surface area contributed by atoms with Crippen molar-refractivity contribution in [2.75, 3.05) is 0 Å². The molecule has 0 aromatic heterocycles. The van der Waals surface area contributed by atoms with Gasteiger partial charge in [0, 0.05) is 10.0 Å². The lowest BCUT2D eigenvalue weighted by Crippen LogP contribution is -2.29. The maximum atomic E-state index is 14.0. The van der Waals surface area contributed by atoms with Crippen molar-refractivity contribution in [1.29, 1.82) is 0 Å². The Morgan fingerprint density at radius 2 is 2.05 bits per heavy atom. The number of rotatable bonds is 4. The summed E-state index contributed by atoms with van der Waals surface area (Å²) in [7, 11) is 0. The van der Waals surface area contributed by atoms with E-state index >= 15 is 0 Å². The minimum absolute atomic E-state index is 0.278. The van der Waals surface area contributed by atoms with Gasteiger partial charge in [-0.2, -0.15) is 0 Å². The molecule has 0 heterocycles. The molecule has 2 aromatic rings. The first kappa shape index (κ1) is 14.2. The predicted molar refractivity (Wildman–Crippen MR) is 79.1 cm³/mol. The molecule has 2 nitrogen and oxygen atoms in total. The average Bonchev–Trinajstić information content (AvgIpc) is 2.42. The summed E-state index contributed by atoms with van der Waals surface area (Å²) in [6.07, 6.45) is 0.938. The number of nitrogens with two attached hydrogens (primary N) is 1. The number of hydrogen-bond acceptors (Lipinski definition) is 2. The van der Waals surface area contributed by atoms with Crippen LogP contribution in [-0.4, -0.2) is 0 Å². The summed E-state index contributed by atoms with van der Waals surface area (Å²) in [6.45, 7) is 2.09. The van der Waals surface area contributed by atoms with E-state index in [2.05, 4.69) is 34.3 Å². The van der Waals surface area contributed by atoms with Crippen molar-refractivity contribution in [3.63, 3.8) is 0 Å². The van der Waals surface area contributed by atoms with Crippen molar-refractivity contribution in [1.82, 2.24) is 5.43 Å². The zero-order chi connectivity index (χ0) is 13.8. The number of hydrogen-bond donors (Lipinski definition) is 2. The third kappa shape index (κ3) is 3.21. The highest BCUT2D eigenvalue weighted by Crippen LogP contribution is 2.26. The quantitative estimate of drug-likeness (QED) is 0.665. The molecule has 0 saturated heterocycles. The van der Waals surface area contributed by atoms with E-state index in [0.29, 0.717) is 10.0 Å². The van der Waals surface area contributed by atoms with E-state index in [9.17, 15) is 4.39 Å². The maximum absolute atomic E-state index is 14.0. The molecule has 0 fully saturated rings. The van der Waals surface area contributed by atoms with E-state index in [1.807, 2.05) is 24.3 Å². The van der Waals surface area contributed by atoms with Gasteiger partial charge in [0.05, 0.1) is 6.04 Å². The molecule has 4 heteroatoms. The average molecular weight is 323 g/mol. The molecular weight excluding hydrogens is 307 g/mol. The Labute approximate surface area is 120 Å². The molecule has 100 valence electrons. The largest absolute Gasteiger partial charge is 0.271 e. The van der Waals surface area contributed by atoms with E-state index < -0.39 is 0 Å². The number of nitrogens with one attached hydrogen (secondary N) is 1. The molecule has 2 rings (SSSR count). The molecule has 0 saturated carbocycles. The summed E-state index contributed by atoms with van der Waals surface area (Å²) in [5.74, 6) is 5.33. The second-order valence-electron chi connectivity index (χ2n) is 4.36. The summed E-state index contributed by atoms with van der Waals surface area (Å²) < 4.78 is 14.7. The molecule has 2 aromatic carbocycles. The van der Waals surface area contributed by atoms with Crippen LogP contribution in [0.5, 0.6) is 0 Å². The van der Waals surface area contributed by atoms with Crippen LogP contribution in [0.2, 0.25) is 0 Å². The van der Waals surface area contributed by atoms with Crippen LogP contribution in [0, 0.1) is 5.82 Å². The lowest BCUT2D eigenvalue weighted by Gasteiger charge is -2.18. The Balaban J connectivity index is 2.43. The van der Waals surface area contributed by atoms with Crippen LogP contribution in [0.3, 0.4) is 0 Å². The normalized spacial score (nSPS) is 12.4. The van der Waals surface area contributed by atoms with Gasteiger partial charge in [0.25, 0.3) is 0 Å². The van der Waals surface area contributed by atoms with Crippen LogP contribution in [0.4, 0.5) is 4.39 Å². The Hall–Kier alpha value is -1.23. The van der Waals surface area contributed by atoms with Crippen molar-refractivity contribution in [2.24, 2.45) is 5.84 Å². The highest BCUT2D eigenvalue weighted by molar-refractivity contribution is 9.10. The van der Waals surface area contributed by atoms with E-state index in [-0.39, 0.29) is 11.9 Å². The van der Waals surface area contributed by atoms with Crippen LogP contribution in [-0.2, 0) is 6.42 Å². The Morgan fingerprint density at radius 3 is 2.68 bits per heavy atom. The number of benzene rings is 2. The molecule has 0 bridgehead atoms. The van der Waals surface area contributed by atoms with Gasteiger partial charge in [-0.05, 0) is 29.7 Å². The van der Waals surface area contributed by atoms with Crippen LogP contribution in [0.1, 0.15) is 29.7 Å². The summed E-state index contributed by atoms with van der Waals surface area (Å²) >= 11 is 3.25. The van der Waals surface area contributed by atoms with E-state index in [4.69, 9.17) is 5.84 Å². The van der Waals surface area contributed by atoms with Gasteiger partial charge in [-0.1, -0.05) is 53.2 Å². The molecular formula is C15H16BrFN2. The fraction of sp³-hybridized carbons (Fsp3) is 0.200. The van der Waals surface area contributed by atoms with Gasteiger partial charge in [-0.25, -0.2) is 9.82 Å². The number of halogens is 2. The number of aryl methyl sites for hydroxylation is 1. The molecule has 3 N–H and O–H groups in total. The van der Waals surface area contributed by atoms with Gasteiger partial charge < -0.3 is 0 Å². The van der Waals surface area contributed by atoms with Gasteiger partial charge in [0.2, 0.25) is 0 Å². The third-order valence-electron chi connectivity index (χ3n) is 3.13. The van der Waals surface area contributed by atoms with Gasteiger partial charge in [-0.3, -0.25) is 5.84 Å². The van der Waals surface area contributed by atoms with E-state index in [0.717, 1.165) is 12.0 Å². The first-order valence-corrected chi connectivity index (χ1v) is 6.95. The Kier molecular flexibility index (Phi) is 4.69. The minimum atomic E-state index is -0.348. The Bertz CT molecular complexity index is 572. The summed E-state index contributed by atoms with van der Waals surface area (Å²) in [4.78, 5) is 0. The molecule has 0 radical (unpaired) electrons. The molecule has 0 aliphatic rings. The zero-order valence-corrected chi connectivity index (χ0v) is 12.2. The van der Waals surface area contributed by atoms with Crippen molar-refractivity contribution in [3.05, 3.63) is 69.4 Å². The zero-order valence-electron chi connectivity index (χ0n) is 10.7. The summed E-state index contributed by atoms with van der Waals surface area (Å²) in [6, 6.07) is 12.7. The first-order chi connectivity index (χ1) is 9.15. The lowest BCUT2D eigenvalue weighted by molar-refractivity contribution is 0.559. The predicted octanol–water partition coefficient (Wildman–Crippen LogP) is 3.70. The molecule has 0 aliphatic carbocycles. The van der Waals surface area contributed by atoms with Crippen LogP contribution in [0.15, 0.2) is 46.9 Å². The topological polar surface area (TPSA) is 38.0 Å². The lowest BCUT2D eigenvalue weighted by atomic mass is 9.97. The smallest absolute Gasteiger partial charge is 0.129 e. The van der Waals surface area contributed by atoms with Gasteiger partial charge in [0.1, 0.15) is 5.82 Å². The Morgan fingerprint density at radius 1 is 1.26 bits per heavy atom. The second-order valence-corrected chi connectivity index (χ2v) is 5.28. The van der Waals surface area contributed by atoms with Crippen molar-refractivity contribution >= 4 is 15.9 Å². The van der Waals surface area contributed by atoms with E-state index in [1.165, 1.54) is 11.6 Å². The fourth-order valence-electron chi connectivity index (χ4n) is 2.09. The van der Waals surface area contributed by atoms with Crippen LogP contribution >= 0.6 is 15.9 Å². The monoisotopic (exact) mass is 322 g/mol. The fourth-order valence-corrected chi connectivity index (χ4v) is 2.43. The third-order valence-corrected chi connectivity index (χ3v) is 3.63. The highest BCUT2D eigenvalue weighted by atomic mass is 79.9. The molecule has 0 aliphatic heterocycles. The molecule has 0 amide bonds. The highest BCUT2D eigenvalue weighted by Gasteiger charge is 2.16. The molecule has 1 unspecified atom stereocenters. The van der Waals surface area contributed by atoms with Crippen molar-refractivity contribution < 1.29 is 4.39 Å². The van der Waals surface area contributed by atoms with Crippen LogP contribution < -0.4 is 11.3 Å². The molecule has 19 heavy (non-hydrogen) atoms. The molecule has 0 spiro atoms. The van der Waals surface area contributed by atoms with Gasteiger partial charge in [-0.15, -0.1) is 0 Å². The first-order valence-electron chi connectivity index (χ1n) is 6.15. The SMILES string of the molecule is CCc1cccc(C(NN)c2ccc(Br)cc2F)c1.